The molecule has 0 saturated carbocycles. The van der Waals surface area contributed by atoms with Crippen LogP contribution in [0.4, 0.5) is 0 Å². The van der Waals surface area contributed by atoms with E-state index in [2.05, 4.69) is 27.7 Å². The van der Waals surface area contributed by atoms with Crippen molar-refractivity contribution >= 4 is 20.3 Å². The van der Waals surface area contributed by atoms with Gasteiger partial charge < -0.3 is 9.16 Å². The molecule has 0 aliphatic carbocycles. The van der Waals surface area contributed by atoms with Crippen LogP contribution in [0.2, 0.25) is 18.1 Å². The summed E-state index contributed by atoms with van der Waals surface area (Å²) in [6, 6.07) is 6.75. The van der Waals surface area contributed by atoms with Crippen LogP contribution in [0.3, 0.4) is 0 Å². The zero-order valence-electron chi connectivity index (χ0n) is 17.9. The van der Waals surface area contributed by atoms with Gasteiger partial charge in [0.05, 0.1) is 17.7 Å². The lowest BCUT2D eigenvalue weighted by atomic mass is 10.1. The quantitative estimate of drug-likeness (QED) is 0.264. The second kappa shape index (κ2) is 10.6. The van der Waals surface area contributed by atoms with E-state index in [-0.39, 0.29) is 16.2 Å². The molecule has 0 aliphatic rings. The van der Waals surface area contributed by atoms with Crippen LogP contribution < -0.4 is 0 Å². The van der Waals surface area contributed by atoms with Crippen molar-refractivity contribution in [2.24, 2.45) is 0 Å². The molecule has 27 heavy (non-hydrogen) atoms. The van der Waals surface area contributed by atoms with Gasteiger partial charge in [-0.1, -0.05) is 71.9 Å². The number of esters is 1. The molecule has 0 N–H and O–H groups in total. The van der Waals surface area contributed by atoms with Gasteiger partial charge in [0.15, 0.2) is 0 Å². The molecule has 0 atom stereocenters. The number of hydrogen-bond acceptors (Lipinski definition) is 4. The van der Waals surface area contributed by atoms with Crippen molar-refractivity contribution in [1.82, 2.24) is 0 Å². The van der Waals surface area contributed by atoms with Crippen molar-refractivity contribution in [3.8, 4) is 0 Å². The van der Waals surface area contributed by atoms with E-state index in [1.165, 1.54) is 25.7 Å². The largest absolute Gasteiger partial charge is 0.516 e. The summed E-state index contributed by atoms with van der Waals surface area (Å²) in [6.07, 6.45) is 6.78. The molecule has 0 aliphatic heterocycles. The predicted molar refractivity (Wildman–Crippen MR) is 113 cm³/mol. The Hall–Kier alpha value is -1.62. The molecule has 0 unspecified atom stereocenters. The molecule has 0 heterocycles. The Balaban J connectivity index is 2.67. The first-order chi connectivity index (χ1) is 12.6. The second-order valence-corrected chi connectivity index (χ2v) is 13.3. The van der Waals surface area contributed by atoms with Crippen molar-refractivity contribution in [3.05, 3.63) is 35.4 Å². The predicted octanol–water partition coefficient (Wildman–Crippen LogP) is 6.37. The van der Waals surface area contributed by atoms with E-state index in [1.807, 2.05) is 13.1 Å². The Morgan fingerprint density at radius 3 is 1.96 bits per heavy atom. The van der Waals surface area contributed by atoms with Crippen LogP contribution in [0.25, 0.3) is 0 Å². The average molecular weight is 393 g/mol. The maximum Gasteiger partial charge on any atom is 0.339 e. The first-order valence-corrected chi connectivity index (χ1v) is 13.0. The van der Waals surface area contributed by atoms with E-state index in [0.717, 1.165) is 12.8 Å². The van der Waals surface area contributed by atoms with Crippen molar-refractivity contribution in [3.63, 3.8) is 0 Å². The minimum absolute atomic E-state index is 0.0874. The standard InChI is InChI=1S/C22H36O4Si/c1-7-8-9-10-11-14-17-25-20(23)18-15-12-13-16-19(18)21(24)26-27(5,6)22(2,3)4/h12-13,15-16H,7-11,14,17H2,1-6H3. The van der Waals surface area contributed by atoms with Crippen LogP contribution >= 0.6 is 0 Å². The fraction of sp³-hybridized carbons (Fsp3) is 0.636. The fourth-order valence-corrected chi connectivity index (χ4v) is 3.28. The maximum absolute atomic E-state index is 12.7. The molecule has 152 valence electrons. The molecule has 0 saturated heterocycles. The van der Waals surface area contributed by atoms with Gasteiger partial charge >= 0.3 is 11.9 Å². The van der Waals surface area contributed by atoms with Gasteiger partial charge in [-0.3, -0.25) is 0 Å². The number of benzene rings is 1. The molecular weight excluding hydrogens is 356 g/mol. The summed E-state index contributed by atoms with van der Waals surface area (Å²) in [4.78, 5) is 25.2. The van der Waals surface area contributed by atoms with Crippen LogP contribution in [-0.2, 0) is 9.16 Å². The first-order valence-electron chi connectivity index (χ1n) is 10.1. The summed E-state index contributed by atoms with van der Waals surface area (Å²) in [5, 5.41) is -0.0874. The van der Waals surface area contributed by atoms with Gasteiger partial charge in [0.25, 0.3) is 8.32 Å². The van der Waals surface area contributed by atoms with E-state index in [9.17, 15) is 9.59 Å². The van der Waals surface area contributed by atoms with Crippen molar-refractivity contribution in [1.29, 1.82) is 0 Å². The molecule has 0 spiro atoms. The molecule has 4 nitrogen and oxygen atoms in total. The maximum atomic E-state index is 12.7. The van der Waals surface area contributed by atoms with E-state index < -0.39 is 20.3 Å². The number of ether oxygens (including phenoxy) is 1. The SMILES string of the molecule is CCCCCCCCOC(=O)c1ccccc1C(=O)O[Si](C)(C)C(C)(C)C. The van der Waals surface area contributed by atoms with Crippen LogP contribution in [-0.4, -0.2) is 26.9 Å². The molecule has 1 aromatic carbocycles. The summed E-state index contributed by atoms with van der Waals surface area (Å²) < 4.78 is 11.2. The Morgan fingerprint density at radius 2 is 1.41 bits per heavy atom. The van der Waals surface area contributed by atoms with E-state index in [4.69, 9.17) is 9.16 Å². The molecule has 1 rings (SSSR count). The molecule has 5 heteroatoms. The van der Waals surface area contributed by atoms with Crippen LogP contribution in [0.5, 0.6) is 0 Å². The highest BCUT2D eigenvalue weighted by molar-refractivity contribution is 6.75. The van der Waals surface area contributed by atoms with Crippen LogP contribution in [0, 0.1) is 0 Å². The molecular formula is C22H36O4Si. The van der Waals surface area contributed by atoms with E-state index in [0.29, 0.717) is 6.61 Å². The number of carbonyl (C=O) groups excluding carboxylic acids is 2. The fourth-order valence-electron chi connectivity index (χ4n) is 2.40. The van der Waals surface area contributed by atoms with E-state index >= 15 is 0 Å². The second-order valence-electron chi connectivity index (χ2n) is 8.60. The summed E-state index contributed by atoms with van der Waals surface area (Å²) in [5.74, 6) is -0.889. The number of rotatable bonds is 10. The normalized spacial score (nSPS) is 11.9. The minimum atomic E-state index is -2.26. The number of unbranched alkanes of at least 4 members (excludes halogenated alkanes) is 5. The zero-order chi connectivity index (χ0) is 20.5. The van der Waals surface area contributed by atoms with Crippen molar-refractivity contribution in [2.75, 3.05) is 6.61 Å². The summed E-state index contributed by atoms with van der Waals surface area (Å²) in [5.41, 5.74) is 0.572. The third kappa shape index (κ3) is 7.49. The van der Waals surface area contributed by atoms with Gasteiger partial charge in [-0.15, -0.1) is 0 Å². The molecule has 1 aromatic rings. The lowest BCUT2D eigenvalue weighted by Gasteiger charge is -2.35. The molecule has 0 aromatic heterocycles. The summed E-state index contributed by atoms with van der Waals surface area (Å²) in [6.45, 7) is 12.8. The topological polar surface area (TPSA) is 52.6 Å². The number of hydrogen-bond donors (Lipinski definition) is 0. The average Bonchev–Trinajstić information content (AvgIpc) is 2.59. The Bertz CT molecular complexity index is 617. The Morgan fingerprint density at radius 1 is 0.889 bits per heavy atom. The van der Waals surface area contributed by atoms with Crippen LogP contribution in [0.1, 0.15) is 86.9 Å². The highest BCUT2D eigenvalue weighted by Gasteiger charge is 2.41. The monoisotopic (exact) mass is 392 g/mol. The van der Waals surface area contributed by atoms with Gasteiger partial charge in [-0.25, -0.2) is 9.59 Å². The van der Waals surface area contributed by atoms with Gasteiger partial charge in [-0.2, -0.15) is 0 Å². The third-order valence-corrected chi connectivity index (χ3v) is 9.56. The van der Waals surface area contributed by atoms with Crippen molar-refractivity contribution < 1.29 is 18.8 Å². The Labute approximate surface area is 165 Å². The lowest BCUT2D eigenvalue weighted by molar-refractivity contribution is 0.0488. The molecule has 0 fully saturated rings. The molecule has 0 bridgehead atoms. The molecule has 0 radical (unpaired) electrons. The Kier molecular flexibility index (Phi) is 9.23. The van der Waals surface area contributed by atoms with Gasteiger partial charge in [0.2, 0.25) is 0 Å². The smallest absolute Gasteiger partial charge is 0.339 e. The summed E-state index contributed by atoms with van der Waals surface area (Å²) in [7, 11) is -2.26. The van der Waals surface area contributed by atoms with E-state index in [1.54, 1.807) is 24.3 Å². The van der Waals surface area contributed by atoms with Gasteiger partial charge in [0, 0.05) is 0 Å². The first kappa shape index (κ1) is 23.4. The van der Waals surface area contributed by atoms with Gasteiger partial charge in [-0.05, 0) is 36.7 Å². The zero-order valence-corrected chi connectivity index (χ0v) is 18.9. The van der Waals surface area contributed by atoms with Crippen LogP contribution in [0.15, 0.2) is 24.3 Å². The minimum Gasteiger partial charge on any atom is -0.516 e. The highest BCUT2D eigenvalue weighted by Crippen LogP contribution is 2.37. The summed E-state index contributed by atoms with van der Waals surface area (Å²) >= 11 is 0. The van der Waals surface area contributed by atoms with Gasteiger partial charge in [0.1, 0.15) is 0 Å². The lowest BCUT2D eigenvalue weighted by Crippen LogP contribution is -2.42. The molecule has 0 amide bonds. The van der Waals surface area contributed by atoms with Crippen molar-refractivity contribution in [2.45, 2.75) is 84.4 Å². The number of carbonyl (C=O) groups is 2. The third-order valence-electron chi connectivity index (χ3n) is 5.25. The highest BCUT2D eigenvalue weighted by atomic mass is 28.4.